The normalized spacial score (nSPS) is 19.7. The number of aliphatic hydroxyl groups is 1. The molecule has 9 heteroatoms. The van der Waals surface area contributed by atoms with Crippen LogP contribution in [0.2, 0.25) is 5.02 Å². The number of ether oxygens (including phenoxy) is 1. The van der Waals surface area contributed by atoms with Crippen molar-refractivity contribution in [3.8, 4) is 5.75 Å². The average Bonchev–Trinajstić information content (AvgIpc) is 2.90. The summed E-state index contributed by atoms with van der Waals surface area (Å²) in [5, 5.41) is 15.7. The Bertz CT molecular complexity index is 1100. The van der Waals surface area contributed by atoms with E-state index in [1.54, 1.807) is 31.2 Å². The highest BCUT2D eigenvalue weighted by atomic mass is 35.5. The van der Waals surface area contributed by atoms with Gasteiger partial charge in [-0.05, 0) is 76.5 Å². The van der Waals surface area contributed by atoms with Gasteiger partial charge in [0, 0.05) is 35.9 Å². The third kappa shape index (κ3) is 10.0. The van der Waals surface area contributed by atoms with Gasteiger partial charge in [0.05, 0.1) is 24.5 Å². The standard InChI is InChI=1S/C31H45ClN2O6/c1-19(2)27(35)10-8-9-21(5)18-34-30(37)14-11-23(15-25(31(34)38)22(6)33-40-20(3)4)16-28(36)26-17-24(32)12-13-29(26)39-7/h12-13,15,17,19-21,23,28,36H,8-11,14,16,18H2,1-7H3/b25-15-,33-22+/t21-,23?,28?/m1/s1. The quantitative estimate of drug-likeness (QED) is 0.158. The molecule has 1 heterocycles. The first kappa shape index (κ1) is 33.5. The van der Waals surface area contributed by atoms with Crippen molar-refractivity contribution in [1.29, 1.82) is 0 Å². The van der Waals surface area contributed by atoms with Gasteiger partial charge >= 0.3 is 0 Å². The first-order valence-electron chi connectivity index (χ1n) is 14.1. The van der Waals surface area contributed by atoms with Crippen LogP contribution in [0.3, 0.4) is 0 Å². The average molecular weight is 577 g/mol. The lowest BCUT2D eigenvalue weighted by molar-refractivity contribution is -0.143. The molecule has 0 saturated carbocycles. The molecule has 0 aliphatic carbocycles. The minimum Gasteiger partial charge on any atom is -0.496 e. The highest BCUT2D eigenvalue weighted by Gasteiger charge is 2.32. The molecule has 3 atom stereocenters. The molecule has 1 aromatic carbocycles. The Labute approximate surface area is 243 Å². The number of Topliss-reactive ketones (excluding diaryl/α,β-unsaturated/α-hetero) is 1. The number of oxime groups is 1. The van der Waals surface area contributed by atoms with Crippen molar-refractivity contribution in [3.63, 3.8) is 0 Å². The summed E-state index contributed by atoms with van der Waals surface area (Å²) in [5.74, 6) is -0.212. The lowest BCUT2D eigenvalue weighted by atomic mass is 9.88. The Morgan fingerprint density at radius 2 is 1.90 bits per heavy atom. The van der Waals surface area contributed by atoms with E-state index in [0.29, 0.717) is 41.3 Å². The van der Waals surface area contributed by atoms with Crippen LogP contribution in [-0.2, 0) is 19.2 Å². The number of imide groups is 1. The number of ketones is 1. The lowest BCUT2D eigenvalue weighted by Gasteiger charge is -2.29. The second-order valence-electron chi connectivity index (χ2n) is 11.3. The third-order valence-corrected chi connectivity index (χ3v) is 7.27. The number of carbonyl (C=O) groups excluding carboxylic acids is 3. The van der Waals surface area contributed by atoms with Crippen LogP contribution in [0.4, 0.5) is 0 Å². The van der Waals surface area contributed by atoms with Gasteiger partial charge in [0.2, 0.25) is 5.91 Å². The molecule has 2 rings (SSSR count). The van der Waals surface area contributed by atoms with Gasteiger partial charge in [0.25, 0.3) is 5.91 Å². The fraction of sp³-hybridized carbons (Fsp3) is 0.613. The second-order valence-corrected chi connectivity index (χ2v) is 11.7. The maximum atomic E-state index is 13.8. The molecule has 1 aromatic rings. The van der Waals surface area contributed by atoms with Crippen LogP contribution in [0, 0.1) is 17.8 Å². The first-order chi connectivity index (χ1) is 18.8. The molecular weight excluding hydrogens is 532 g/mol. The van der Waals surface area contributed by atoms with Gasteiger partial charge < -0.3 is 14.7 Å². The predicted molar refractivity (Wildman–Crippen MR) is 157 cm³/mol. The largest absolute Gasteiger partial charge is 0.496 e. The minimum absolute atomic E-state index is 0.00210. The molecule has 0 fully saturated rings. The van der Waals surface area contributed by atoms with Crippen LogP contribution in [0.25, 0.3) is 0 Å². The van der Waals surface area contributed by atoms with Gasteiger partial charge in [-0.1, -0.05) is 43.6 Å². The summed E-state index contributed by atoms with van der Waals surface area (Å²) in [6.45, 7) is 11.4. The Morgan fingerprint density at radius 1 is 1.20 bits per heavy atom. The van der Waals surface area contributed by atoms with E-state index in [4.69, 9.17) is 21.2 Å². The summed E-state index contributed by atoms with van der Waals surface area (Å²) in [7, 11) is 1.52. The Kier molecular flexibility index (Phi) is 13.3. The van der Waals surface area contributed by atoms with Crippen molar-refractivity contribution >= 4 is 34.9 Å². The Morgan fingerprint density at radius 3 is 2.52 bits per heavy atom. The van der Waals surface area contributed by atoms with Crippen LogP contribution >= 0.6 is 11.6 Å². The maximum Gasteiger partial charge on any atom is 0.262 e. The van der Waals surface area contributed by atoms with Crippen molar-refractivity contribution in [2.24, 2.45) is 22.9 Å². The van der Waals surface area contributed by atoms with Gasteiger partial charge in [-0.15, -0.1) is 0 Å². The number of carbonyl (C=O) groups is 3. The Hall–Kier alpha value is -2.71. The van der Waals surface area contributed by atoms with Crippen LogP contribution < -0.4 is 4.74 Å². The molecule has 2 amide bonds. The van der Waals surface area contributed by atoms with Gasteiger partial charge in [-0.25, -0.2) is 0 Å². The molecule has 0 radical (unpaired) electrons. The molecule has 40 heavy (non-hydrogen) atoms. The van der Waals surface area contributed by atoms with Crippen LogP contribution in [0.1, 0.15) is 91.7 Å². The summed E-state index contributed by atoms with van der Waals surface area (Å²) in [6.07, 6.45) is 3.51. The molecule has 1 aliphatic rings. The van der Waals surface area contributed by atoms with E-state index in [-0.39, 0.29) is 60.5 Å². The van der Waals surface area contributed by atoms with Crippen molar-refractivity contribution in [2.75, 3.05) is 13.7 Å². The molecule has 1 N–H and O–H groups in total. The van der Waals surface area contributed by atoms with E-state index in [1.807, 2.05) is 34.6 Å². The number of allylic oxidation sites excluding steroid dienone is 1. The molecule has 8 nitrogen and oxygen atoms in total. The predicted octanol–water partition coefficient (Wildman–Crippen LogP) is 6.30. The van der Waals surface area contributed by atoms with Gasteiger partial charge in [-0.3, -0.25) is 19.3 Å². The topological polar surface area (TPSA) is 106 Å². The molecule has 222 valence electrons. The zero-order chi connectivity index (χ0) is 30.0. The van der Waals surface area contributed by atoms with E-state index in [9.17, 15) is 19.5 Å². The SMILES string of the molecule is COc1ccc(Cl)cc1C(O)CC1/C=C(/C(C)=N/OC(C)C)C(=O)N(C[C@H](C)CCCC(=O)C(C)C)C(=O)CC1. The van der Waals surface area contributed by atoms with E-state index in [0.717, 1.165) is 6.42 Å². The van der Waals surface area contributed by atoms with E-state index in [2.05, 4.69) is 5.16 Å². The minimum atomic E-state index is -0.922. The summed E-state index contributed by atoms with van der Waals surface area (Å²) in [6, 6.07) is 5.05. The van der Waals surface area contributed by atoms with Crippen LogP contribution in [0.15, 0.2) is 35.0 Å². The fourth-order valence-corrected chi connectivity index (χ4v) is 4.85. The van der Waals surface area contributed by atoms with Crippen molar-refractivity contribution in [2.45, 2.75) is 92.3 Å². The second kappa shape index (κ2) is 15.9. The molecule has 0 saturated heterocycles. The zero-order valence-electron chi connectivity index (χ0n) is 24.9. The highest BCUT2D eigenvalue weighted by molar-refractivity contribution is 6.30. The number of methoxy groups -OCH3 is 1. The maximum absolute atomic E-state index is 13.8. The zero-order valence-corrected chi connectivity index (χ0v) is 25.7. The number of halogens is 1. The number of hydrogen-bond acceptors (Lipinski definition) is 7. The first-order valence-corrected chi connectivity index (χ1v) is 14.5. The van der Waals surface area contributed by atoms with Crippen LogP contribution in [0.5, 0.6) is 5.75 Å². The van der Waals surface area contributed by atoms with Gasteiger partial charge in [0.15, 0.2) is 0 Å². The van der Waals surface area contributed by atoms with E-state index in [1.165, 1.54) is 12.0 Å². The Balaban J connectivity index is 2.31. The lowest BCUT2D eigenvalue weighted by Crippen LogP contribution is -2.43. The number of hydrogen-bond donors (Lipinski definition) is 1. The number of amides is 2. The molecule has 0 spiro atoms. The summed E-state index contributed by atoms with van der Waals surface area (Å²) in [5.41, 5.74) is 1.20. The van der Waals surface area contributed by atoms with Crippen LogP contribution in [-0.4, -0.2) is 53.1 Å². The molecule has 1 aliphatic heterocycles. The monoisotopic (exact) mass is 576 g/mol. The van der Waals surface area contributed by atoms with E-state index < -0.39 is 12.0 Å². The highest BCUT2D eigenvalue weighted by Crippen LogP contribution is 2.34. The number of nitrogens with zero attached hydrogens (tertiary/aromatic N) is 2. The molecule has 0 bridgehead atoms. The summed E-state index contributed by atoms with van der Waals surface area (Å²) < 4.78 is 5.40. The fourth-order valence-electron chi connectivity index (χ4n) is 4.67. The van der Waals surface area contributed by atoms with E-state index >= 15 is 0 Å². The van der Waals surface area contributed by atoms with Crippen molar-refractivity contribution in [3.05, 3.63) is 40.4 Å². The summed E-state index contributed by atoms with van der Waals surface area (Å²) >= 11 is 6.17. The number of benzene rings is 1. The van der Waals surface area contributed by atoms with Crippen molar-refractivity contribution in [1.82, 2.24) is 4.90 Å². The summed E-state index contributed by atoms with van der Waals surface area (Å²) in [4.78, 5) is 45.8. The smallest absolute Gasteiger partial charge is 0.262 e. The van der Waals surface area contributed by atoms with Gasteiger partial charge in [-0.2, -0.15) is 0 Å². The molecule has 0 aromatic heterocycles. The molecule has 2 unspecified atom stereocenters. The number of aliphatic hydroxyl groups excluding tert-OH is 1. The third-order valence-electron chi connectivity index (χ3n) is 7.03. The van der Waals surface area contributed by atoms with Gasteiger partial charge in [0.1, 0.15) is 17.6 Å². The molecular formula is C31H45ClN2O6. The van der Waals surface area contributed by atoms with Crippen molar-refractivity contribution < 1.29 is 29.1 Å². The number of rotatable bonds is 14.